The van der Waals surface area contributed by atoms with Crippen LogP contribution in [0.2, 0.25) is 0 Å². The number of anilines is 1. The largest absolute Gasteiger partial charge is 0.326 e. The van der Waals surface area contributed by atoms with Crippen LogP contribution in [0.3, 0.4) is 0 Å². The van der Waals surface area contributed by atoms with E-state index in [9.17, 15) is 13.2 Å². The van der Waals surface area contributed by atoms with Crippen molar-refractivity contribution in [1.29, 1.82) is 0 Å². The van der Waals surface area contributed by atoms with Gasteiger partial charge in [-0.25, -0.2) is 8.42 Å². The molecule has 0 aliphatic rings. The van der Waals surface area contributed by atoms with Gasteiger partial charge in [0.05, 0.1) is 6.54 Å². The van der Waals surface area contributed by atoms with E-state index in [1.165, 1.54) is 13.0 Å². The molecule has 2 rings (SSSR count). The van der Waals surface area contributed by atoms with Crippen molar-refractivity contribution in [2.24, 2.45) is 0 Å². The molecule has 0 fully saturated rings. The molecule has 0 aliphatic heterocycles. The number of rotatable bonds is 5. The maximum absolute atomic E-state index is 11.9. The molecule has 5 nitrogen and oxygen atoms in total. The molecule has 0 heterocycles. The van der Waals surface area contributed by atoms with E-state index in [2.05, 4.69) is 21.9 Å². The summed E-state index contributed by atoms with van der Waals surface area (Å²) in [5.41, 5.74) is 3.34. The fraction of sp³-hybridized carbons (Fsp3) is 0.150. The minimum atomic E-state index is -3.55. The number of nitrogens with one attached hydrogen (secondary N) is 2. The van der Waals surface area contributed by atoms with Gasteiger partial charge in [0.2, 0.25) is 15.9 Å². The van der Waals surface area contributed by atoms with Gasteiger partial charge in [-0.2, -0.15) is 4.72 Å². The van der Waals surface area contributed by atoms with E-state index in [-0.39, 0.29) is 12.5 Å². The van der Waals surface area contributed by atoms with Gasteiger partial charge >= 0.3 is 0 Å². The lowest BCUT2D eigenvalue weighted by Crippen LogP contribution is -2.21. The monoisotopic (exact) mass is 368 g/mol. The summed E-state index contributed by atoms with van der Waals surface area (Å²) < 4.78 is 26.3. The van der Waals surface area contributed by atoms with Gasteiger partial charge in [-0.1, -0.05) is 41.7 Å². The van der Waals surface area contributed by atoms with Crippen molar-refractivity contribution in [3.05, 3.63) is 70.6 Å². The number of aryl methyl sites for hydroxylation is 1. The Morgan fingerprint density at radius 1 is 1.08 bits per heavy atom. The molecule has 2 aromatic rings. The number of amides is 1. The second kappa shape index (κ2) is 8.99. The summed E-state index contributed by atoms with van der Waals surface area (Å²) in [5, 5.41) is 3.79. The fourth-order valence-electron chi connectivity index (χ4n) is 2.02. The number of benzene rings is 2. The molecule has 0 unspecified atom stereocenters. The Hall–Kier alpha value is -2.88. The first kappa shape index (κ1) is 19.4. The molecule has 0 saturated carbocycles. The highest BCUT2D eigenvalue weighted by Crippen LogP contribution is 2.08. The van der Waals surface area contributed by atoms with Gasteiger partial charge in [0.1, 0.15) is 0 Å². The zero-order chi connectivity index (χ0) is 19.0. The third kappa shape index (κ3) is 6.93. The summed E-state index contributed by atoms with van der Waals surface area (Å²) in [6.07, 6.45) is 1.54. The van der Waals surface area contributed by atoms with E-state index in [1.807, 2.05) is 31.2 Å². The van der Waals surface area contributed by atoms with Crippen molar-refractivity contribution >= 4 is 27.7 Å². The highest BCUT2D eigenvalue weighted by atomic mass is 32.2. The van der Waals surface area contributed by atoms with E-state index < -0.39 is 10.0 Å². The van der Waals surface area contributed by atoms with Gasteiger partial charge < -0.3 is 5.32 Å². The van der Waals surface area contributed by atoms with Crippen molar-refractivity contribution in [2.75, 3.05) is 11.9 Å². The number of carbonyl (C=O) groups excluding carboxylic acids is 1. The first-order valence-electron chi connectivity index (χ1n) is 7.95. The summed E-state index contributed by atoms with van der Waals surface area (Å²) in [4.78, 5) is 11.0. The molecule has 1 amide bonds. The Kier molecular flexibility index (Phi) is 6.73. The molecular formula is C20H20N2O3S. The normalized spacial score (nSPS) is 11.0. The predicted octanol–water partition coefficient (Wildman–Crippen LogP) is 2.90. The second-order valence-electron chi connectivity index (χ2n) is 5.64. The fourth-order valence-corrected chi connectivity index (χ4v) is 2.72. The van der Waals surface area contributed by atoms with Crippen LogP contribution in [0.5, 0.6) is 0 Å². The van der Waals surface area contributed by atoms with Crippen molar-refractivity contribution in [3.63, 3.8) is 0 Å². The van der Waals surface area contributed by atoms with Gasteiger partial charge in [-0.05, 0) is 42.8 Å². The van der Waals surface area contributed by atoms with Gasteiger partial charge in [-0.15, -0.1) is 0 Å². The van der Waals surface area contributed by atoms with Crippen LogP contribution in [0.15, 0.2) is 53.9 Å². The third-order valence-corrected chi connectivity index (χ3v) is 4.36. The lowest BCUT2D eigenvalue weighted by atomic mass is 10.2. The van der Waals surface area contributed by atoms with Gasteiger partial charge in [0.15, 0.2) is 0 Å². The van der Waals surface area contributed by atoms with Crippen LogP contribution >= 0.6 is 0 Å². The van der Waals surface area contributed by atoms with E-state index in [1.54, 1.807) is 24.3 Å². The van der Waals surface area contributed by atoms with Crippen LogP contribution in [-0.2, 0) is 14.8 Å². The van der Waals surface area contributed by atoms with E-state index in [0.717, 1.165) is 22.1 Å². The maximum atomic E-state index is 11.9. The average Bonchev–Trinajstić information content (AvgIpc) is 2.59. The summed E-state index contributed by atoms with van der Waals surface area (Å²) in [6.45, 7) is 3.42. The number of hydrogen-bond acceptors (Lipinski definition) is 3. The maximum Gasteiger partial charge on any atom is 0.234 e. The van der Waals surface area contributed by atoms with E-state index in [0.29, 0.717) is 5.69 Å². The lowest BCUT2D eigenvalue weighted by Gasteiger charge is -2.00. The van der Waals surface area contributed by atoms with E-state index >= 15 is 0 Å². The third-order valence-electron chi connectivity index (χ3n) is 3.32. The minimum Gasteiger partial charge on any atom is -0.326 e. The zero-order valence-electron chi connectivity index (χ0n) is 14.6. The minimum absolute atomic E-state index is 0.00795. The van der Waals surface area contributed by atoms with Crippen LogP contribution in [0.25, 0.3) is 6.08 Å². The first-order chi connectivity index (χ1) is 12.3. The van der Waals surface area contributed by atoms with Crippen molar-refractivity contribution in [3.8, 4) is 11.8 Å². The standard InChI is InChI=1S/C20H20N2O3S/c1-16-5-7-19(8-6-16)13-15-26(24,25)21-14-3-4-18-9-11-20(12-10-18)22-17(2)23/h5-13,15,21H,14H2,1-2H3,(H,22,23)/b15-13+. The molecule has 0 radical (unpaired) electrons. The van der Waals surface area contributed by atoms with E-state index in [4.69, 9.17) is 0 Å². The molecule has 2 N–H and O–H groups in total. The lowest BCUT2D eigenvalue weighted by molar-refractivity contribution is -0.114. The highest BCUT2D eigenvalue weighted by molar-refractivity contribution is 7.92. The van der Waals surface area contributed by atoms with Gasteiger partial charge in [-0.3, -0.25) is 4.79 Å². The SMILES string of the molecule is CC(=O)Nc1ccc(C#CCNS(=O)(=O)/C=C/c2ccc(C)cc2)cc1. The van der Waals surface area contributed by atoms with Crippen molar-refractivity contribution < 1.29 is 13.2 Å². The summed E-state index contributed by atoms with van der Waals surface area (Å²) in [5.74, 6) is 5.48. The number of carbonyl (C=O) groups is 1. The molecule has 6 heteroatoms. The Bertz CT molecular complexity index is 949. The predicted molar refractivity (Wildman–Crippen MR) is 105 cm³/mol. The van der Waals surface area contributed by atoms with Crippen LogP contribution in [0.1, 0.15) is 23.6 Å². The zero-order valence-corrected chi connectivity index (χ0v) is 15.4. The molecular weight excluding hydrogens is 348 g/mol. The topological polar surface area (TPSA) is 75.3 Å². The number of hydrogen-bond donors (Lipinski definition) is 2. The molecule has 0 saturated heterocycles. The molecule has 0 bridgehead atoms. The highest BCUT2D eigenvalue weighted by Gasteiger charge is 2.02. The Labute approximate surface area is 154 Å². The van der Waals surface area contributed by atoms with Crippen LogP contribution in [0.4, 0.5) is 5.69 Å². The van der Waals surface area contributed by atoms with Crippen molar-refractivity contribution in [1.82, 2.24) is 4.72 Å². The van der Waals surface area contributed by atoms with Gasteiger partial charge in [0, 0.05) is 23.6 Å². The van der Waals surface area contributed by atoms with Crippen LogP contribution in [0, 0.1) is 18.8 Å². The average molecular weight is 368 g/mol. The van der Waals surface area contributed by atoms with Crippen LogP contribution in [-0.4, -0.2) is 20.9 Å². The van der Waals surface area contributed by atoms with Gasteiger partial charge in [0.25, 0.3) is 0 Å². The quantitative estimate of drug-likeness (QED) is 0.797. The molecule has 26 heavy (non-hydrogen) atoms. The molecule has 0 aromatic heterocycles. The van der Waals surface area contributed by atoms with Crippen LogP contribution < -0.4 is 10.0 Å². The smallest absolute Gasteiger partial charge is 0.234 e. The summed E-state index contributed by atoms with van der Waals surface area (Å²) in [7, 11) is -3.55. The van der Waals surface area contributed by atoms with Crippen molar-refractivity contribution in [2.45, 2.75) is 13.8 Å². The Balaban J connectivity index is 1.89. The molecule has 0 atom stereocenters. The second-order valence-corrected chi connectivity index (χ2v) is 7.29. The molecule has 0 spiro atoms. The Morgan fingerprint density at radius 2 is 1.73 bits per heavy atom. The summed E-state index contributed by atoms with van der Waals surface area (Å²) in [6, 6.07) is 14.5. The Morgan fingerprint density at radius 3 is 2.35 bits per heavy atom. The molecule has 134 valence electrons. The molecule has 0 aliphatic carbocycles. The first-order valence-corrected chi connectivity index (χ1v) is 9.50. The summed E-state index contributed by atoms with van der Waals surface area (Å²) >= 11 is 0. The number of sulfonamides is 1. The molecule has 2 aromatic carbocycles.